The van der Waals surface area contributed by atoms with Crippen molar-refractivity contribution in [1.82, 2.24) is 5.09 Å². The number of carbonyl (C=O) groups excluding carboxylic acids is 1. The highest BCUT2D eigenvalue weighted by Gasteiger charge is 2.44. The normalized spacial score (nSPS) is 16.0. The Hall–Kier alpha value is -1.76. The van der Waals surface area contributed by atoms with Crippen molar-refractivity contribution in [1.29, 1.82) is 0 Å². The molecule has 1 aromatic rings. The third-order valence-electron chi connectivity index (χ3n) is 2.82. The summed E-state index contributed by atoms with van der Waals surface area (Å²) in [6.45, 7) is 3.45. The van der Waals surface area contributed by atoms with Crippen molar-refractivity contribution in [3.05, 3.63) is 30.3 Å². The molecular weight excluding hydrogens is 301 g/mol. The fraction of sp³-hybridized carbons (Fsp3) is 0.438. The van der Waals surface area contributed by atoms with E-state index in [0.717, 1.165) is 12.8 Å². The van der Waals surface area contributed by atoms with Crippen LogP contribution in [0.15, 0.2) is 30.3 Å². The Labute approximate surface area is 131 Å². The molecule has 1 N–H and O–H groups in total. The van der Waals surface area contributed by atoms with E-state index in [1.54, 1.807) is 26.0 Å². The quantitative estimate of drug-likeness (QED) is 0.474. The summed E-state index contributed by atoms with van der Waals surface area (Å²) in [7, 11) is -3.05. The van der Waals surface area contributed by atoms with E-state index >= 15 is 0 Å². The van der Waals surface area contributed by atoms with Crippen LogP contribution in [0, 0.1) is 12.8 Å². The lowest BCUT2D eigenvalue weighted by Gasteiger charge is -2.20. The van der Waals surface area contributed by atoms with Crippen LogP contribution in [0.25, 0.3) is 0 Å². The second-order valence-electron chi connectivity index (χ2n) is 5.11. The molecule has 6 heteroatoms. The number of hydrogen-bond acceptors (Lipinski definition) is 4. The third-order valence-corrected chi connectivity index (χ3v) is 5.38. The zero-order chi connectivity index (χ0) is 16.6. The highest BCUT2D eigenvalue weighted by atomic mass is 31.2. The first-order valence-corrected chi connectivity index (χ1v) is 8.81. The van der Waals surface area contributed by atoms with E-state index in [4.69, 9.17) is 9.26 Å². The van der Waals surface area contributed by atoms with Crippen LogP contribution in [0.3, 0.4) is 0 Å². The van der Waals surface area contributed by atoms with Crippen molar-refractivity contribution < 1.29 is 18.6 Å². The van der Waals surface area contributed by atoms with E-state index in [-0.39, 0.29) is 18.3 Å². The maximum absolute atomic E-state index is 12.8. The highest BCUT2D eigenvalue weighted by molar-refractivity contribution is 7.58. The number of nitrogens with one attached hydrogen (secondary N) is 1. The molecule has 1 aromatic carbocycles. The molecule has 0 heterocycles. The summed E-state index contributed by atoms with van der Waals surface area (Å²) < 4.78 is 23.4. The Kier molecular flexibility index (Phi) is 7.17. The monoisotopic (exact) mass is 323 g/mol. The zero-order valence-corrected chi connectivity index (χ0v) is 13.8. The molecule has 120 valence electrons. The van der Waals surface area contributed by atoms with E-state index < -0.39 is 13.5 Å². The Bertz CT molecular complexity index is 538. The molecule has 1 aliphatic rings. The van der Waals surface area contributed by atoms with Crippen molar-refractivity contribution in [2.24, 2.45) is 0 Å². The number of rotatable bonds is 7. The Morgan fingerprint density at radius 3 is 2.41 bits per heavy atom. The second-order valence-corrected chi connectivity index (χ2v) is 7.53. The molecule has 1 unspecified atom stereocenters. The van der Waals surface area contributed by atoms with E-state index in [0.29, 0.717) is 5.75 Å². The van der Waals surface area contributed by atoms with Gasteiger partial charge in [-0.3, -0.25) is 9.36 Å². The van der Waals surface area contributed by atoms with Crippen molar-refractivity contribution in [2.45, 2.75) is 38.5 Å². The van der Waals surface area contributed by atoms with E-state index in [9.17, 15) is 9.36 Å². The van der Waals surface area contributed by atoms with Gasteiger partial charge in [0, 0.05) is 0 Å². The SMILES string of the molecule is C#C.CC(C)OC(=O)CNP(=O)(Oc1ccccc1)C1CC1. The Morgan fingerprint density at radius 2 is 1.91 bits per heavy atom. The van der Waals surface area contributed by atoms with Crippen molar-refractivity contribution >= 4 is 13.5 Å². The fourth-order valence-electron chi connectivity index (χ4n) is 1.77. The van der Waals surface area contributed by atoms with Gasteiger partial charge in [-0.1, -0.05) is 18.2 Å². The summed E-state index contributed by atoms with van der Waals surface area (Å²) in [5.41, 5.74) is -0.00504. The van der Waals surface area contributed by atoms with Gasteiger partial charge in [-0.05, 0) is 38.8 Å². The lowest BCUT2D eigenvalue weighted by atomic mass is 10.3. The van der Waals surface area contributed by atoms with Gasteiger partial charge in [0.15, 0.2) is 0 Å². The number of esters is 1. The standard InChI is InChI=1S/C14H20NO4P.C2H2/c1-11(2)18-14(16)10-15-20(17,13-8-9-13)19-12-6-4-3-5-7-12;1-2/h3-7,11,13H,8-10H2,1-2H3,(H,15,17);1-2H. The minimum Gasteiger partial charge on any atom is -0.462 e. The molecule has 5 nitrogen and oxygen atoms in total. The van der Waals surface area contributed by atoms with Crippen LogP contribution in [0.4, 0.5) is 0 Å². The Morgan fingerprint density at radius 1 is 1.32 bits per heavy atom. The van der Waals surface area contributed by atoms with E-state index in [1.807, 2.05) is 18.2 Å². The average molecular weight is 323 g/mol. The van der Waals surface area contributed by atoms with Gasteiger partial charge in [0.25, 0.3) is 0 Å². The topological polar surface area (TPSA) is 64.6 Å². The number of ether oxygens (including phenoxy) is 1. The lowest BCUT2D eigenvalue weighted by Crippen LogP contribution is -2.27. The van der Waals surface area contributed by atoms with Gasteiger partial charge in [-0.25, -0.2) is 5.09 Å². The molecule has 0 aromatic heterocycles. The molecule has 1 fully saturated rings. The lowest BCUT2D eigenvalue weighted by molar-refractivity contribution is -0.145. The maximum Gasteiger partial charge on any atom is 0.320 e. The van der Waals surface area contributed by atoms with Gasteiger partial charge in [-0.2, -0.15) is 0 Å². The van der Waals surface area contributed by atoms with Crippen LogP contribution < -0.4 is 9.61 Å². The zero-order valence-electron chi connectivity index (χ0n) is 12.9. The third kappa shape index (κ3) is 5.93. The van der Waals surface area contributed by atoms with Gasteiger partial charge in [0.1, 0.15) is 12.3 Å². The predicted molar refractivity (Wildman–Crippen MR) is 86.8 cm³/mol. The van der Waals surface area contributed by atoms with Gasteiger partial charge in [-0.15, -0.1) is 12.8 Å². The first-order valence-electron chi connectivity index (χ1n) is 7.12. The van der Waals surface area contributed by atoms with Crippen LogP contribution in [0.2, 0.25) is 0 Å². The number of benzene rings is 1. The molecule has 0 amide bonds. The smallest absolute Gasteiger partial charge is 0.320 e. The summed E-state index contributed by atoms with van der Waals surface area (Å²) in [6.07, 6.45) is 9.53. The summed E-state index contributed by atoms with van der Waals surface area (Å²) in [6, 6.07) is 9.01. The number of carbonyl (C=O) groups is 1. The maximum atomic E-state index is 12.8. The first-order chi connectivity index (χ1) is 10.5. The molecule has 1 atom stereocenters. The van der Waals surface area contributed by atoms with Crippen LogP contribution in [-0.4, -0.2) is 24.3 Å². The van der Waals surface area contributed by atoms with E-state index in [1.165, 1.54) is 0 Å². The molecular formula is C16H22NO4P. The minimum atomic E-state index is -3.05. The highest BCUT2D eigenvalue weighted by Crippen LogP contribution is 2.58. The van der Waals surface area contributed by atoms with Crippen LogP contribution >= 0.6 is 7.52 Å². The van der Waals surface area contributed by atoms with Crippen LogP contribution in [-0.2, 0) is 14.1 Å². The molecule has 1 saturated carbocycles. The molecule has 0 saturated heterocycles. The molecule has 0 spiro atoms. The minimum absolute atomic E-state index is 0.00504. The summed E-state index contributed by atoms with van der Waals surface area (Å²) in [4.78, 5) is 11.5. The molecule has 0 bridgehead atoms. The summed E-state index contributed by atoms with van der Waals surface area (Å²) in [5, 5.41) is 2.77. The molecule has 2 rings (SSSR count). The Balaban J connectivity index is 0.00000116. The van der Waals surface area contributed by atoms with Gasteiger partial charge < -0.3 is 9.26 Å². The van der Waals surface area contributed by atoms with Crippen LogP contribution in [0.1, 0.15) is 26.7 Å². The average Bonchev–Trinajstić information content (AvgIpc) is 3.33. The van der Waals surface area contributed by atoms with Crippen LogP contribution in [0.5, 0.6) is 5.75 Å². The fourth-order valence-corrected chi connectivity index (χ4v) is 3.85. The number of para-hydroxylation sites is 1. The van der Waals surface area contributed by atoms with Crippen molar-refractivity contribution in [2.75, 3.05) is 6.54 Å². The largest absolute Gasteiger partial charge is 0.462 e. The number of terminal acetylenes is 1. The molecule has 0 aliphatic heterocycles. The summed E-state index contributed by atoms with van der Waals surface area (Å²) >= 11 is 0. The molecule has 1 aliphatic carbocycles. The summed E-state index contributed by atoms with van der Waals surface area (Å²) in [5.74, 6) is 0.130. The number of hydrogen-bond donors (Lipinski definition) is 1. The van der Waals surface area contributed by atoms with Gasteiger partial charge in [0.2, 0.25) is 0 Å². The van der Waals surface area contributed by atoms with Gasteiger partial charge >= 0.3 is 13.5 Å². The molecule has 22 heavy (non-hydrogen) atoms. The predicted octanol–water partition coefficient (Wildman–Crippen LogP) is 3.21. The van der Waals surface area contributed by atoms with E-state index in [2.05, 4.69) is 17.9 Å². The van der Waals surface area contributed by atoms with Crippen molar-refractivity contribution in [3.63, 3.8) is 0 Å². The first kappa shape index (κ1) is 18.3. The van der Waals surface area contributed by atoms with Crippen molar-refractivity contribution in [3.8, 4) is 18.6 Å². The van der Waals surface area contributed by atoms with Gasteiger partial charge in [0.05, 0.1) is 11.8 Å². The second kappa shape index (κ2) is 8.63. The molecule has 0 radical (unpaired) electrons.